The summed E-state index contributed by atoms with van der Waals surface area (Å²) in [4.78, 5) is 11.6. The maximum Gasteiger partial charge on any atom is 0.257 e. The largest absolute Gasteiger partial charge is 0.483 e. The minimum Gasteiger partial charge on any atom is -0.483 e. The zero-order valence-corrected chi connectivity index (χ0v) is 11.6. The number of carbonyl (C=O) groups is 1. The molecule has 0 unspecified atom stereocenters. The number of carbonyl (C=O) groups excluding carboxylic acids is 1. The fraction of sp³-hybridized carbons (Fsp3) is 0.500. The van der Waals surface area contributed by atoms with Crippen LogP contribution >= 0.6 is 0 Å². The van der Waals surface area contributed by atoms with Gasteiger partial charge in [0.25, 0.3) is 5.91 Å². The Morgan fingerprint density at radius 3 is 2.85 bits per heavy atom. The molecule has 3 N–H and O–H groups in total. The minimum absolute atomic E-state index is 0.0314. The van der Waals surface area contributed by atoms with Crippen molar-refractivity contribution in [2.24, 2.45) is 5.73 Å². The summed E-state index contributed by atoms with van der Waals surface area (Å²) in [5.41, 5.74) is 6.46. The lowest BCUT2D eigenvalue weighted by Gasteiger charge is -2.11. The third kappa shape index (κ3) is 3.54. The summed E-state index contributed by atoms with van der Waals surface area (Å²) in [5, 5.41) is 2.79. The van der Waals surface area contributed by atoms with Crippen molar-refractivity contribution in [1.82, 2.24) is 5.32 Å². The highest BCUT2D eigenvalue weighted by molar-refractivity contribution is 5.77. The number of hydrogen-bond donors (Lipinski definition) is 2. The van der Waals surface area contributed by atoms with Crippen molar-refractivity contribution in [1.29, 1.82) is 0 Å². The Morgan fingerprint density at radius 2 is 2.15 bits per heavy atom. The molecule has 0 saturated heterocycles. The van der Waals surface area contributed by atoms with Crippen molar-refractivity contribution in [3.8, 4) is 17.2 Å². The van der Waals surface area contributed by atoms with E-state index in [1.54, 1.807) is 12.1 Å². The van der Waals surface area contributed by atoms with Gasteiger partial charge in [0.1, 0.15) is 5.75 Å². The monoisotopic (exact) mass is 280 g/mol. The van der Waals surface area contributed by atoms with Crippen LogP contribution in [-0.4, -0.2) is 25.9 Å². The lowest BCUT2D eigenvalue weighted by Crippen LogP contribution is -2.29. The average Bonchev–Trinajstić information content (AvgIpc) is 2.91. The summed E-state index contributed by atoms with van der Waals surface area (Å²) in [6.45, 7) is 3.21. The van der Waals surface area contributed by atoms with Gasteiger partial charge < -0.3 is 25.3 Å². The molecule has 110 valence electrons. The molecule has 0 atom stereocenters. The first-order valence-corrected chi connectivity index (χ1v) is 6.76. The SMILES string of the molecule is CCCCNC(=O)COc1cc2c(cc1CN)OCO2. The van der Waals surface area contributed by atoms with Gasteiger partial charge in [-0.25, -0.2) is 0 Å². The van der Waals surface area contributed by atoms with Crippen LogP contribution in [0.2, 0.25) is 0 Å². The molecule has 0 saturated carbocycles. The number of fused-ring (bicyclic) bond motifs is 1. The highest BCUT2D eigenvalue weighted by Crippen LogP contribution is 2.37. The Labute approximate surface area is 118 Å². The molecule has 1 aliphatic heterocycles. The normalized spacial score (nSPS) is 12.3. The fourth-order valence-corrected chi connectivity index (χ4v) is 1.86. The first kappa shape index (κ1) is 14.5. The topological polar surface area (TPSA) is 82.8 Å². The predicted octanol–water partition coefficient (Wildman–Crippen LogP) is 1.17. The van der Waals surface area contributed by atoms with Crippen LogP contribution in [-0.2, 0) is 11.3 Å². The van der Waals surface area contributed by atoms with Crippen molar-refractivity contribution in [3.05, 3.63) is 17.7 Å². The lowest BCUT2D eigenvalue weighted by atomic mass is 10.2. The second-order valence-electron chi connectivity index (χ2n) is 4.51. The molecule has 20 heavy (non-hydrogen) atoms. The number of benzene rings is 1. The van der Waals surface area contributed by atoms with Gasteiger partial charge in [0, 0.05) is 24.7 Å². The second kappa shape index (κ2) is 7.00. The van der Waals surface area contributed by atoms with Crippen LogP contribution in [0.5, 0.6) is 17.2 Å². The Hall–Kier alpha value is -1.95. The van der Waals surface area contributed by atoms with Gasteiger partial charge in [-0.15, -0.1) is 0 Å². The number of unbranched alkanes of at least 4 members (excludes halogenated alkanes) is 1. The summed E-state index contributed by atoms with van der Waals surface area (Å²) in [6, 6.07) is 3.50. The first-order chi connectivity index (χ1) is 9.74. The quantitative estimate of drug-likeness (QED) is 0.733. The molecule has 2 rings (SSSR count). The van der Waals surface area contributed by atoms with Crippen LogP contribution in [0.25, 0.3) is 0 Å². The predicted molar refractivity (Wildman–Crippen MR) is 73.9 cm³/mol. The van der Waals surface area contributed by atoms with Gasteiger partial charge in [-0.2, -0.15) is 0 Å². The zero-order valence-electron chi connectivity index (χ0n) is 11.6. The Bertz CT molecular complexity index is 476. The standard InChI is InChI=1S/C14H20N2O4/c1-2-3-4-16-14(17)8-18-11-6-13-12(19-9-20-13)5-10(11)7-15/h5-6H,2-4,7-9,15H2,1H3,(H,16,17). The molecule has 0 spiro atoms. The Morgan fingerprint density at radius 1 is 1.40 bits per heavy atom. The molecule has 6 heteroatoms. The van der Waals surface area contributed by atoms with Crippen LogP contribution in [0.15, 0.2) is 12.1 Å². The summed E-state index contributed by atoms with van der Waals surface area (Å²) in [7, 11) is 0. The first-order valence-electron chi connectivity index (χ1n) is 6.76. The molecule has 6 nitrogen and oxygen atoms in total. The average molecular weight is 280 g/mol. The van der Waals surface area contributed by atoms with Gasteiger partial charge in [-0.3, -0.25) is 4.79 Å². The molecule has 1 amide bonds. The summed E-state index contributed by atoms with van der Waals surface area (Å²) < 4.78 is 16.1. The Kier molecular flexibility index (Phi) is 5.06. The van der Waals surface area contributed by atoms with E-state index in [1.807, 2.05) is 0 Å². The van der Waals surface area contributed by atoms with Gasteiger partial charge in [0.2, 0.25) is 6.79 Å². The van der Waals surface area contributed by atoms with Crippen molar-refractivity contribution < 1.29 is 19.0 Å². The van der Waals surface area contributed by atoms with E-state index in [1.165, 1.54) is 0 Å². The number of nitrogens with one attached hydrogen (secondary N) is 1. The van der Waals surface area contributed by atoms with E-state index < -0.39 is 0 Å². The van der Waals surface area contributed by atoms with E-state index in [9.17, 15) is 4.79 Å². The van der Waals surface area contributed by atoms with Crippen LogP contribution in [0.4, 0.5) is 0 Å². The maximum absolute atomic E-state index is 11.6. The number of nitrogens with two attached hydrogens (primary N) is 1. The molecule has 0 bridgehead atoms. The summed E-state index contributed by atoms with van der Waals surface area (Å²) >= 11 is 0. The molecular formula is C14H20N2O4. The van der Waals surface area contributed by atoms with Crippen molar-refractivity contribution in [2.75, 3.05) is 19.9 Å². The van der Waals surface area contributed by atoms with Crippen molar-refractivity contribution in [2.45, 2.75) is 26.3 Å². The van der Waals surface area contributed by atoms with Gasteiger partial charge >= 0.3 is 0 Å². The molecule has 1 aromatic rings. The van der Waals surface area contributed by atoms with Crippen molar-refractivity contribution in [3.63, 3.8) is 0 Å². The fourth-order valence-electron chi connectivity index (χ4n) is 1.86. The van der Waals surface area contributed by atoms with E-state index in [0.717, 1.165) is 18.4 Å². The Balaban J connectivity index is 1.93. The van der Waals surface area contributed by atoms with Gasteiger partial charge in [-0.1, -0.05) is 13.3 Å². The maximum atomic E-state index is 11.6. The number of hydrogen-bond acceptors (Lipinski definition) is 5. The van der Waals surface area contributed by atoms with E-state index >= 15 is 0 Å². The molecule has 0 aliphatic carbocycles. The van der Waals surface area contributed by atoms with Gasteiger partial charge in [-0.05, 0) is 12.5 Å². The number of ether oxygens (including phenoxy) is 3. The molecule has 1 heterocycles. The lowest BCUT2D eigenvalue weighted by molar-refractivity contribution is -0.123. The zero-order chi connectivity index (χ0) is 14.4. The third-order valence-electron chi connectivity index (χ3n) is 2.99. The second-order valence-corrected chi connectivity index (χ2v) is 4.51. The molecule has 1 aliphatic rings. The van der Waals surface area contributed by atoms with Gasteiger partial charge in [0.15, 0.2) is 18.1 Å². The van der Waals surface area contributed by atoms with Crippen LogP contribution < -0.4 is 25.3 Å². The molecule has 1 aromatic carbocycles. The highest BCUT2D eigenvalue weighted by Gasteiger charge is 2.18. The van der Waals surface area contributed by atoms with E-state index in [-0.39, 0.29) is 19.3 Å². The third-order valence-corrected chi connectivity index (χ3v) is 2.99. The molecule has 0 aromatic heterocycles. The van der Waals surface area contributed by atoms with Crippen LogP contribution in [0, 0.1) is 0 Å². The minimum atomic E-state index is -0.140. The molecule has 0 radical (unpaired) electrons. The van der Waals surface area contributed by atoms with E-state index in [4.69, 9.17) is 19.9 Å². The van der Waals surface area contributed by atoms with Crippen LogP contribution in [0.1, 0.15) is 25.3 Å². The van der Waals surface area contributed by atoms with Crippen LogP contribution in [0.3, 0.4) is 0 Å². The van der Waals surface area contributed by atoms with Crippen molar-refractivity contribution >= 4 is 5.91 Å². The molecular weight excluding hydrogens is 260 g/mol. The summed E-state index contributed by atoms with van der Waals surface area (Å²) in [6.07, 6.45) is 2.00. The van der Waals surface area contributed by atoms with Gasteiger partial charge in [0.05, 0.1) is 0 Å². The number of rotatable bonds is 7. The summed E-state index contributed by atoms with van der Waals surface area (Å²) in [5.74, 6) is 1.69. The molecule has 0 fully saturated rings. The van der Waals surface area contributed by atoms with E-state index in [0.29, 0.717) is 30.3 Å². The number of amides is 1. The highest BCUT2D eigenvalue weighted by atomic mass is 16.7. The smallest absolute Gasteiger partial charge is 0.257 e. The van der Waals surface area contributed by atoms with E-state index in [2.05, 4.69) is 12.2 Å².